The monoisotopic (exact) mass is 515 g/mol. The lowest BCUT2D eigenvalue weighted by molar-refractivity contribution is -0.0227. The molecule has 0 saturated heterocycles. The molecule has 36 heavy (non-hydrogen) atoms. The van der Waals surface area contributed by atoms with Gasteiger partial charge in [0, 0.05) is 19.7 Å². The van der Waals surface area contributed by atoms with Gasteiger partial charge in [-0.1, -0.05) is 6.42 Å². The zero-order chi connectivity index (χ0) is 25.7. The van der Waals surface area contributed by atoms with E-state index in [2.05, 4.69) is 25.5 Å². The van der Waals surface area contributed by atoms with Gasteiger partial charge in [-0.15, -0.1) is 11.3 Å². The molecule has 1 aromatic carbocycles. The molecule has 4 rings (SSSR count). The van der Waals surface area contributed by atoms with Gasteiger partial charge >= 0.3 is 0 Å². The average molecular weight is 516 g/mol. The topological polar surface area (TPSA) is 88.6 Å². The number of aryl methyl sites for hydroxylation is 1. The van der Waals surface area contributed by atoms with Gasteiger partial charge in [-0.3, -0.25) is 4.79 Å². The Hall–Kier alpha value is -2.82. The molecule has 2 heterocycles. The van der Waals surface area contributed by atoms with Gasteiger partial charge in [-0.2, -0.15) is 0 Å². The van der Waals surface area contributed by atoms with Crippen molar-refractivity contribution in [1.29, 1.82) is 0 Å². The van der Waals surface area contributed by atoms with Crippen molar-refractivity contribution in [3.63, 3.8) is 0 Å². The molecule has 10 heteroatoms. The Labute approximate surface area is 215 Å². The van der Waals surface area contributed by atoms with Crippen molar-refractivity contribution in [3.8, 4) is 5.75 Å². The normalized spacial score (nSPS) is 17.9. The van der Waals surface area contributed by atoms with Gasteiger partial charge in [0.25, 0.3) is 5.91 Å². The summed E-state index contributed by atoms with van der Waals surface area (Å²) in [5.41, 5.74) is 1.40. The first kappa shape index (κ1) is 26.2. The number of amides is 1. The molecule has 2 aromatic heterocycles. The minimum Gasteiger partial charge on any atom is -0.485 e. The number of methoxy groups -OCH3 is 1. The van der Waals surface area contributed by atoms with Crippen LogP contribution in [0.15, 0.2) is 24.5 Å². The van der Waals surface area contributed by atoms with Gasteiger partial charge in [-0.05, 0) is 70.9 Å². The minimum absolute atomic E-state index is 0.0291. The van der Waals surface area contributed by atoms with E-state index in [1.54, 1.807) is 13.2 Å². The maximum Gasteiger partial charge on any atom is 0.261 e. The van der Waals surface area contributed by atoms with Crippen molar-refractivity contribution < 1.29 is 18.7 Å². The van der Waals surface area contributed by atoms with Crippen molar-refractivity contribution >= 4 is 39.0 Å². The largest absolute Gasteiger partial charge is 0.485 e. The Morgan fingerprint density at radius 3 is 2.75 bits per heavy atom. The van der Waals surface area contributed by atoms with Crippen LogP contribution in [0.1, 0.15) is 47.3 Å². The summed E-state index contributed by atoms with van der Waals surface area (Å²) in [7, 11) is 5.70. The predicted octanol–water partition coefficient (Wildman–Crippen LogP) is 4.90. The smallest absolute Gasteiger partial charge is 0.261 e. The highest BCUT2D eigenvalue weighted by Crippen LogP contribution is 2.37. The van der Waals surface area contributed by atoms with Gasteiger partial charge in [0.1, 0.15) is 34.6 Å². The standard InChI is InChI=1S/C26H34FN5O3S/c1-16-22-24(29-15-30-26(22)36-23(16)25(33)28-12-7-13-32(2)3)31-18-11-10-17(27)14-21(18)35-20-9-6-5-8-19(20)34-4/h10-11,14-15,19-20H,5-9,12-13H2,1-4H3,(H,28,33)(H,29,30,31)/t19?,20-/m0/s1. The second-order valence-electron chi connectivity index (χ2n) is 9.35. The molecule has 0 aliphatic heterocycles. The number of anilines is 2. The van der Waals surface area contributed by atoms with Crippen LogP contribution in [0.4, 0.5) is 15.9 Å². The second-order valence-corrected chi connectivity index (χ2v) is 10.4. The van der Waals surface area contributed by atoms with E-state index in [1.807, 2.05) is 21.0 Å². The van der Waals surface area contributed by atoms with E-state index in [0.29, 0.717) is 33.5 Å². The fourth-order valence-electron chi connectivity index (χ4n) is 4.52. The number of carbonyl (C=O) groups is 1. The summed E-state index contributed by atoms with van der Waals surface area (Å²) >= 11 is 1.34. The van der Waals surface area contributed by atoms with E-state index in [9.17, 15) is 9.18 Å². The van der Waals surface area contributed by atoms with E-state index in [-0.39, 0.29) is 23.9 Å². The summed E-state index contributed by atoms with van der Waals surface area (Å²) in [5.74, 6) is 0.452. The van der Waals surface area contributed by atoms with Crippen LogP contribution in [0.3, 0.4) is 0 Å². The highest BCUT2D eigenvalue weighted by molar-refractivity contribution is 7.20. The summed E-state index contributed by atoms with van der Waals surface area (Å²) in [5, 5.41) is 7.07. The number of carbonyl (C=O) groups excluding carboxylic acids is 1. The predicted molar refractivity (Wildman–Crippen MR) is 141 cm³/mol. The van der Waals surface area contributed by atoms with Crippen LogP contribution in [0.25, 0.3) is 10.2 Å². The molecule has 1 aliphatic carbocycles. The number of nitrogens with zero attached hydrogens (tertiary/aromatic N) is 3. The van der Waals surface area contributed by atoms with Crippen molar-refractivity contribution in [2.45, 2.75) is 51.2 Å². The molecular formula is C26H34FN5O3S. The maximum atomic E-state index is 14.2. The fourth-order valence-corrected chi connectivity index (χ4v) is 5.58. The Balaban J connectivity index is 1.58. The number of halogens is 1. The molecular weight excluding hydrogens is 481 g/mol. The van der Waals surface area contributed by atoms with Gasteiger partial charge < -0.3 is 25.0 Å². The van der Waals surface area contributed by atoms with Gasteiger partial charge in [0.15, 0.2) is 0 Å². The zero-order valence-electron chi connectivity index (χ0n) is 21.3. The quantitative estimate of drug-likeness (QED) is 0.371. The molecule has 2 atom stereocenters. The highest BCUT2D eigenvalue weighted by Gasteiger charge is 2.28. The van der Waals surface area contributed by atoms with E-state index in [4.69, 9.17) is 9.47 Å². The Bertz CT molecular complexity index is 1200. The summed E-state index contributed by atoms with van der Waals surface area (Å²) in [4.78, 5) is 25.1. The lowest BCUT2D eigenvalue weighted by Gasteiger charge is -2.31. The molecule has 8 nitrogen and oxygen atoms in total. The SMILES string of the molecule is COC1CCCC[C@@H]1Oc1cc(F)ccc1Nc1ncnc2sc(C(=O)NCCCN(C)C)c(C)c12. The van der Waals surface area contributed by atoms with Crippen LogP contribution in [-0.2, 0) is 4.74 Å². The summed E-state index contributed by atoms with van der Waals surface area (Å²) in [6, 6.07) is 4.41. The Kier molecular flexibility index (Phi) is 8.71. The number of aromatic nitrogens is 2. The molecule has 1 unspecified atom stereocenters. The molecule has 0 spiro atoms. The molecule has 0 radical (unpaired) electrons. The van der Waals surface area contributed by atoms with Crippen LogP contribution in [-0.4, -0.2) is 67.3 Å². The van der Waals surface area contributed by atoms with Crippen LogP contribution < -0.4 is 15.4 Å². The van der Waals surface area contributed by atoms with Crippen molar-refractivity contribution in [2.75, 3.05) is 39.6 Å². The second kappa shape index (κ2) is 11.9. The van der Waals surface area contributed by atoms with Crippen LogP contribution in [0, 0.1) is 12.7 Å². The first-order valence-electron chi connectivity index (χ1n) is 12.3. The number of thiophene rings is 1. The minimum atomic E-state index is -0.381. The number of ether oxygens (including phenoxy) is 2. The van der Waals surface area contributed by atoms with Gasteiger partial charge in [0.2, 0.25) is 0 Å². The van der Waals surface area contributed by atoms with Crippen LogP contribution in [0.2, 0.25) is 0 Å². The van der Waals surface area contributed by atoms with Crippen molar-refractivity contribution in [1.82, 2.24) is 20.2 Å². The van der Waals surface area contributed by atoms with E-state index < -0.39 is 0 Å². The zero-order valence-corrected chi connectivity index (χ0v) is 22.1. The molecule has 3 aromatic rings. The molecule has 194 valence electrons. The van der Waals surface area contributed by atoms with Crippen LogP contribution >= 0.6 is 11.3 Å². The summed E-state index contributed by atoms with van der Waals surface area (Å²) in [6.45, 7) is 3.40. The third-order valence-electron chi connectivity index (χ3n) is 6.42. The third-order valence-corrected chi connectivity index (χ3v) is 7.62. The highest BCUT2D eigenvalue weighted by atomic mass is 32.1. The van der Waals surface area contributed by atoms with Crippen molar-refractivity contribution in [3.05, 3.63) is 40.8 Å². The lowest BCUT2D eigenvalue weighted by Crippen LogP contribution is -2.36. The lowest BCUT2D eigenvalue weighted by atomic mass is 9.94. The molecule has 2 N–H and O–H groups in total. The summed E-state index contributed by atoms with van der Waals surface area (Å²) in [6.07, 6.45) is 6.06. The number of hydrogen-bond donors (Lipinski definition) is 2. The number of nitrogens with one attached hydrogen (secondary N) is 2. The third kappa shape index (κ3) is 6.11. The average Bonchev–Trinajstić information content (AvgIpc) is 3.21. The van der Waals surface area contributed by atoms with E-state index in [0.717, 1.165) is 49.6 Å². The number of hydrogen-bond acceptors (Lipinski definition) is 8. The van der Waals surface area contributed by atoms with Gasteiger partial charge in [0.05, 0.1) is 22.1 Å². The van der Waals surface area contributed by atoms with E-state index >= 15 is 0 Å². The summed E-state index contributed by atoms with van der Waals surface area (Å²) < 4.78 is 26.1. The van der Waals surface area contributed by atoms with E-state index in [1.165, 1.54) is 29.8 Å². The first-order chi connectivity index (χ1) is 17.4. The maximum absolute atomic E-state index is 14.2. The van der Waals surface area contributed by atoms with Gasteiger partial charge in [-0.25, -0.2) is 14.4 Å². The number of rotatable bonds is 10. The number of benzene rings is 1. The molecule has 1 amide bonds. The molecule has 1 saturated carbocycles. The first-order valence-corrected chi connectivity index (χ1v) is 13.1. The Morgan fingerprint density at radius 1 is 1.22 bits per heavy atom. The molecule has 0 bridgehead atoms. The van der Waals surface area contributed by atoms with Crippen LogP contribution in [0.5, 0.6) is 5.75 Å². The fraction of sp³-hybridized carbons (Fsp3) is 0.500. The molecule has 1 aliphatic rings. The molecule has 1 fully saturated rings. The number of fused-ring (bicyclic) bond motifs is 1. The van der Waals surface area contributed by atoms with Crippen molar-refractivity contribution in [2.24, 2.45) is 0 Å². The Morgan fingerprint density at radius 2 is 2.00 bits per heavy atom.